The second-order valence-electron chi connectivity index (χ2n) is 6.84. The van der Waals surface area contributed by atoms with Crippen molar-refractivity contribution >= 4 is 39.1 Å². The lowest BCUT2D eigenvalue weighted by Gasteiger charge is -2.18. The standard InChI is InChI=1S/C19H22F2N6O4S/c1-11(31-2)13-9-12(10-23-18(13)25-22)24-19(28)16-14(20)5-6-15(17(16)21)26-32(29,30)27-7-3-4-8-27/h5-6,9-10,26H,1,3-4,7-8,22H2,2H3,(H,23,25)(H,24,28). The lowest BCUT2D eigenvalue weighted by Crippen LogP contribution is -2.33. The minimum atomic E-state index is -4.04. The number of hydrogen-bond donors (Lipinski definition) is 4. The summed E-state index contributed by atoms with van der Waals surface area (Å²) in [4.78, 5) is 16.6. The Morgan fingerprint density at radius 1 is 1.28 bits per heavy atom. The number of pyridine rings is 1. The van der Waals surface area contributed by atoms with Crippen molar-refractivity contribution in [3.05, 3.63) is 53.7 Å². The summed E-state index contributed by atoms with van der Waals surface area (Å²) in [7, 11) is -2.67. The third-order valence-corrected chi connectivity index (χ3v) is 6.31. The van der Waals surface area contributed by atoms with Gasteiger partial charge in [-0.1, -0.05) is 6.58 Å². The number of ether oxygens (including phenoxy) is 1. The van der Waals surface area contributed by atoms with Crippen molar-refractivity contribution < 1.29 is 26.7 Å². The van der Waals surface area contributed by atoms with Gasteiger partial charge in [-0.05, 0) is 31.0 Å². The summed E-state index contributed by atoms with van der Waals surface area (Å²) in [6, 6.07) is 3.11. The Morgan fingerprint density at radius 3 is 2.59 bits per heavy atom. The molecule has 1 amide bonds. The summed E-state index contributed by atoms with van der Waals surface area (Å²) in [5, 5.41) is 2.32. The van der Waals surface area contributed by atoms with Gasteiger partial charge in [0.05, 0.1) is 30.2 Å². The average molecular weight is 468 g/mol. The van der Waals surface area contributed by atoms with E-state index in [1.807, 2.05) is 0 Å². The molecule has 0 aliphatic carbocycles. The molecule has 0 saturated carbocycles. The molecule has 1 fully saturated rings. The highest BCUT2D eigenvalue weighted by atomic mass is 32.2. The number of halogens is 2. The van der Waals surface area contributed by atoms with Crippen molar-refractivity contribution in [1.29, 1.82) is 0 Å². The zero-order valence-corrected chi connectivity index (χ0v) is 17.9. The smallest absolute Gasteiger partial charge is 0.301 e. The van der Waals surface area contributed by atoms with E-state index in [0.29, 0.717) is 31.5 Å². The van der Waals surface area contributed by atoms with Crippen molar-refractivity contribution in [3.63, 3.8) is 0 Å². The van der Waals surface area contributed by atoms with E-state index in [1.165, 1.54) is 19.4 Å². The minimum Gasteiger partial charge on any atom is -0.497 e. The monoisotopic (exact) mass is 468 g/mol. The van der Waals surface area contributed by atoms with Crippen molar-refractivity contribution in [3.8, 4) is 0 Å². The van der Waals surface area contributed by atoms with Gasteiger partial charge in [-0.2, -0.15) is 12.7 Å². The van der Waals surface area contributed by atoms with E-state index in [9.17, 15) is 22.0 Å². The van der Waals surface area contributed by atoms with Crippen LogP contribution in [0.3, 0.4) is 0 Å². The molecule has 10 nitrogen and oxygen atoms in total. The Hall–Kier alpha value is -3.29. The van der Waals surface area contributed by atoms with E-state index >= 15 is 0 Å². The molecule has 5 N–H and O–H groups in total. The number of hydrogen-bond acceptors (Lipinski definition) is 7. The molecule has 13 heteroatoms. The van der Waals surface area contributed by atoms with Crippen LogP contribution in [0.1, 0.15) is 28.8 Å². The minimum absolute atomic E-state index is 0.0732. The Bertz CT molecular complexity index is 1150. The van der Waals surface area contributed by atoms with Crippen LogP contribution in [-0.2, 0) is 14.9 Å². The van der Waals surface area contributed by atoms with Crippen LogP contribution < -0.4 is 21.3 Å². The van der Waals surface area contributed by atoms with E-state index in [-0.39, 0.29) is 17.3 Å². The number of nitrogens with zero attached hydrogens (tertiary/aromatic N) is 2. The number of carbonyl (C=O) groups is 1. The summed E-state index contributed by atoms with van der Waals surface area (Å²) in [5.74, 6) is 2.10. The predicted molar refractivity (Wildman–Crippen MR) is 116 cm³/mol. The van der Waals surface area contributed by atoms with Crippen molar-refractivity contribution in [2.75, 3.05) is 35.7 Å². The number of anilines is 3. The van der Waals surface area contributed by atoms with Gasteiger partial charge in [0.25, 0.3) is 5.91 Å². The maximum absolute atomic E-state index is 15.0. The molecule has 32 heavy (non-hydrogen) atoms. The van der Waals surface area contributed by atoms with Crippen molar-refractivity contribution in [2.24, 2.45) is 5.84 Å². The number of hydrazine groups is 1. The van der Waals surface area contributed by atoms with Gasteiger partial charge in [0.15, 0.2) is 11.6 Å². The molecule has 1 aromatic carbocycles. The molecule has 0 radical (unpaired) electrons. The fourth-order valence-corrected chi connectivity index (χ4v) is 4.44. The summed E-state index contributed by atoms with van der Waals surface area (Å²) in [6.45, 7) is 4.26. The molecular weight excluding hydrogens is 446 g/mol. The normalized spacial score (nSPS) is 14.1. The first-order chi connectivity index (χ1) is 15.2. The second kappa shape index (κ2) is 9.46. The number of nitrogen functional groups attached to an aromatic ring is 1. The number of aromatic nitrogens is 1. The van der Waals surface area contributed by atoms with Crippen LogP contribution in [0.15, 0.2) is 31.0 Å². The zero-order valence-electron chi connectivity index (χ0n) is 17.1. The number of nitrogens with one attached hydrogen (secondary N) is 3. The largest absolute Gasteiger partial charge is 0.497 e. The van der Waals surface area contributed by atoms with Crippen LogP contribution in [0, 0.1) is 11.6 Å². The Kier molecular flexibility index (Phi) is 6.91. The van der Waals surface area contributed by atoms with Gasteiger partial charge in [-0.25, -0.2) is 19.6 Å². The SMILES string of the molecule is C=C(OC)c1cc(NC(=O)c2c(F)ccc(NS(=O)(=O)N3CCCC3)c2F)cnc1NN. The van der Waals surface area contributed by atoms with Crippen molar-refractivity contribution in [1.82, 2.24) is 9.29 Å². The number of rotatable bonds is 8. The van der Waals surface area contributed by atoms with Gasteiger partial charge in [-0.3, -0.25) is 9.52 Å². The Morgan fingerprint density at radius 2 is 1.97 bits per heavy atom. The molecule has 172 valence electrons. The first-order valence-electron chi connectivity index (χ1n) is 9.45. The van der Waals surface area contributed by atoms with E-state index < -0.39 is 39.0 Å². The molecular formula is C19H22F2N6O4S. The molecule has 0 bridgehead atoms. The summed E-state index contributed by atoms with van der Waals surface area (Å²) < 4.78 is 62.4. The molecule has 2 aromatic rings. The summed E-state index contributed by atoms with van der Waals surface area (Å²) in [5.41, 5.74) is 1.22. The predicted octanol–water partition coefficient (Wildman–Crippen LogP) is 2.27. The number of amides is 1. The number of carbonyl (C=O) groups excluding carboxylic acids is 1. The van der Waals surface area contributed by atoms with Crippen LogP contribution in [0.25, 0.3) is 5.76 Å². The second-order valence-corrected chi connectivity index (χ2v) is 8.51. The summed E-state index contributed by atoms with van der Waals surface area (Å²) >= 11 is 0. The van der Waals surface area contributed by atoms with Crippen LogP contribution >= 0.6 is 0 Å². The van der Waals surface area contributed by atoms with Gasteiger partial charge < -0.3 is 15.5 Å². The molecule has 0 atom stereocenters. The topological polar surface area (TPSA) is 139 Å². The fourth-order valence-electron chi connectivity index (χ4n) is 3.14. The van der Waals surface area contributed by atoms with Gasteiger partial charge in [0, 0.05) is 13.1 Å². The third-order valence-electron chi connectivity index (χ3n) is 4.79. The van der Waals surface area contributed by atoms with E-state index in [2.05, 4.69) is 27.0 Å². The van der Waals surface area contributed by atoms with Gasteiger partial charge in [-0.15, -0.1) is 0 Å². The van der Waals surface area contributed by atoms with Crippen molar-refractivity contribution in [2.45, 2.75) is 12.8 Å². The first-order valence-corrected chi connectivity index (χ1v) is 10.9. The van der Waals surface area contributed by atoms with Crippen LogP contribution in [0.2, 0.25) is 0 Å². The highest BCUT2D eigenvalue weighted by Crippen LogP contribution is 2.27. The molecule has 0 spiro atoms. The maximum atomic E-state index is 15.0. The van der Waals surface area contributed by atoms with Crippen LogP contribution in [-0.4, -0.2) is 43.8 Å². The number of benzene rings is 1. The Balaban J connectivity index is 1.89. The molecule has 2 heterocycles. The number of methoxy groups -OCH3 is 1. The molecule has 1 aromatic heterocycles. The molecule has 3 rings (SSSR count). The van der Waals surface area contributed by atoms with Crippen LogP contribution in [0.5, 0.6) is 0 Å². The highest BCUT2D eigenvalue weighted by molar-refractivity contribution is 7.90. The maximum Gasteiger partial charge on any atom is 0.301 e. The van der Waals surface area contributed by atoms with Gasteiger partial charge in [0.1, 0.15) is 17.1 Å². The highest BCUT2D eigenvalue weighted by Gasteiger charge is 2.28. The molecule has 1 aliphatic rings. The van der Waals surface area contributed by atoms with E-state index in [0.717, 1.165) is 16.4 Å². The fraction of sp³-hybridized carbons (Fsp3) is 0.263. The lowest BCUT2D eigenvalue weighted by molar-refractivity contribution is 0.101. The summed E-state index contributed by atoms with van der Waals surface area (Å²) in [6.07, 6.45) is 2.57. The Labute approximate surface area is 183 Å². The van der Waals surface area contributed by atoms with E-state index in [1.54, 1.807) is 0 Å². The van der Waals surface area contributed by atoms with Crippen LogP contribution in [0.4, 0.5) is 26.0 Å². The third kappa shape index (κ3) is 4.79. The number of nitrogens with two attached hydrogens (primary N) is 1. The van der Waals surface area contributed by atoms with Gasteiger partial charge >= 0.3 is 10.2 Å². The van der Waals surface area contributed by atoms with Gasteiger partial charge in [0.2, 0.25) is 0 Å². The van der Waals surface area contributed by atoms with E-state index in [4.69, 9.17) is 10.6 Å². The molecule has 1 saturated heterocycles. The lowest BCUT2D eigenvalue weighted by atomic mass is 10.1. The average Bonchev–Trinajstić information content (AvgIpc) is 3.31. The first kappa shape index (κ1) is 23.4. The quantitative estimate of drug-likeness (QED) is 0.265. The molecule has 1 aliphatic heterocycles. The zero-order chi connectivity index (χ0) is 23.5. The molecule has 0 unspecified atom stereocenters.